The van der Waals surface area contributed by atoms with Crippen LogP contribution in [0.3, 0.4) is 0 Å². The van der Waals surface area contributed by atoms with Crippen molar-refractivity contribution in [2.45, 2.75) is 13.3 Å². The van der Waals surface area contributed by atoms with E-state index in [9.17, 15) is 9.90 Å². The van der Waals surface area contributed by atoms with Crippen LogP contribution < -0.4 is 14.9 Å². The van der Waals surface area contributed by atoms with Crippen molar-refractivity contribution in [1.29, 1.82) is 0 Å². The fourth-order valence-corrected chi connectivity index (χ4v) is 2.64. The second kappa shape index (κ2) is 10.4. The van der Waals surface area contributed by atoms with Crippen molar-refractivity contribution in [2.75, 3.05) is 13.2 Å². The summed E-state index contributed by atoms with van der Waals surface area (Å²) in [7, 11) is 0. The third-order valence-electron chi connectivity index (χ3n) is 3.41. The molecule has 0 radical (unpaired) electrons. The van der Waals surface area contributed by atoms with Crippen molar-refractivity contribution in [3.63, 3.8) is 0 Å². The van der Waals surface area contributed by atoms with E-state index in [-0.39, 0.29) is 18.3 Å². The topological polar surface area (TPSA) is 80.2 Å². The maximum absolute atomic E-state index is 11.8. The molecule has 7 heteroatoms. The molecule has 2 rings (SSSR count). The van der Waals surface area contributed by atoms with Gasteiger partial charge in [-0.15, -0.1) is 6.58 Å². The molecule has 2 aromatic rings. The quantitative estimate of drug-likeness (QED) is 0.358. The van der Waals surface area contributed by atoms with Gasteiger partial charge in [-0.05, 0) is 49.2 Å². The van der Waals surface area contributed by atoms with Crippen LogP contribution in [-0.4, -0.2) is 30.4 Å². The highest BCUT2D eigenvalue weighted by molar-refractivity contribution is 9.10. The average Bonchev–Trinajstić information content (AvgIpc) is 2.64. The van der Waals surface area contributed by atoms with Gasteiger partial charge in [0.2, 0.25) is 0 Å². The summed E-state index contributed by atoms with van der Waals surface area (Å²) in [5, 5.41) is 14.1. The van der Waals surface area contributed by atoms with Crippen molar-refractivity contribution >= 4 is 28.1 Å². The molecule has 0 heterocycles. The summed E-state index contributed by atoms with van der Waals surface area (Å²) in [6, 6.07) is 10.6. The Hall–Kier alpha value is -2.80. The third kappa shape index (κ3) is 6.45. The minimum absolute atomic E-state index is 0.0837. The zero-order valence-electron chi connectivity index (χ0n) is 14.9. The maximum atomic E-state index is 11.8. The number of hydrogen-bond donors (Lipinski definition) is 2. The number of halogens is 1. The molecular formula is C20H21BrN2O4. The molecule has 0 aliphatic rings. The van der Waals surface area contributed by atoms with Crippen LogP contribution in [0, 0.1) is 0 Å². The molecule has 6 nitrogen and oxygen atoms in total. The van der Waals surface area contributed by atoms with Crippen LogP contribution in [-0.2, 0) is 11.2 Å². The fraction of sp³-hybridized carbons (Fsp3) is 0.200. The summed E-state index contributed by atoms with van der Waals surface area (Å²) >= 11 is 3.34. The number of phenols is 1. The fourth-order valence-electron chi connectivity index (χ4n) is 2.26. The number of phenolic OH excluding ortho intramolecular Hbond substituents is 1. The van der Waals surface area contributed by atoms with E-state index in [2.05, 4.69) is 33.0 Å². The number of nitrogens with zero attached hydrogens (tertiary/aromatic N) is 1. The Morgan fingerprint density at radius 3 is 2.85 bits per heavy atom. The highest BCUT2D eigenvalue weighted by Gasteiger charge is 2.09. The molecule has 0 aliphatic heterocycles. The van der Waals surface area contributed by atoms with Crippen LogP contribution in [0.1, 0.15) is 18.1 Å². The van der Waals surface area contributed by atoms with Crippen molar-refractivity contribution < 1.29 is 19.4 Å². The first-order valence-corrected chi connectivity index (χ1v) is 9.12. The first kappa shape index (κ1) is 20.5. The predicted octanol–water partition coefficient (Wildman–Crippen LogP) is 3.81. The van der Waals surface area contributed by atoms with Gasteiger partial charge in [0, 0.05) is 10.0 Å². The number of allylic oxidation sites excluding steroid dienone is 1. The molecular weight excluding hydrogens is 412 g/mol. The van der Waals surface area contributed by atoms with Crippen molar-refractivity contribution in [1.82, 2.24) is 5.43 Å². The molecule has 0 aliphatic carbocycles. The predicted molar refractivity (Wildman–Crippen MR) is 109 cm³/mol. The molecule has 0 fully saturated rings. The van der Waals surface area contributed by atoms with E-state index in [1.54, 1.807) is 30.3 Å². The molecule has 27 heavy (non-hydrogen) atoms. The van der Waals surface area contributed by atoms with Crippen LogP contribution in [0.4, 0.5) is 0 Å². The molecule has 0 aromatic heterocycles. The molecule has 1 amide bonds. The highest BCUT2D eigenvalue weighted by atomic mass is 79.9. The number of hydrazone groups is 1. The summed E-state index contributed by atoms with van der Waals surface area (Å²) in [6.07, 6.45) is 3.65. The lowest BCUT2D eigenvalue weighted by atomic mass is 10.1. The molecule has 0 atom stereocenters. The van der Waals surface area contributed by atoms with E-state index in [0.717, 1.165) is 4.47 Å². The van der Waals surface area contributed by atoms with E-state index >= 15 is 0 Å². The standard InChI is InChI=1S/C20H21BrN2O4/c1-3-6-15-9-14(10-18(20(15)25)26-4-2)12-22-23-19(24)13-27-17-8-5-7-16(21)11-17/h3,5,7-12,25H,1,4,6,13H2,2H3,(H,23,24)/b22-12+. The molecule has 142 valence electrons. The number of benzene rings is 2. The Kier molecular flexibility index (Phi) is 7.88. The molecule has 2 N–H and O–H groups in total. The number of hydrogen-bond acceptors (Lipinski definition) is 5. The Bertz CT molecular complexity index is 837. The van der Waals surface area contributed by atoms with Gasteiger partial charge in [-0.25, -0.2) is 5.43 Å². The smallest absolute Gasteiger partial charge is 0.277 e. The number of carbonyl (C=O) groups is 1. The van der Waals surface area contributed by atoms with E-state index in [4.69, 9.17) is 9.47 Å². The Morgan fingerprint density at radius 2 is 2.15 bits per heavy atom. The van der Waals surface area contributed by atoms with Gasteiger partial charge in [-0.3, -0.25) is 4.79 Å². The largest absolute Gasteiger partial charge is 0.504 e. The molecule has 0 saturated carbocycles. The van der Waals surface area contributed by atoms with E-state index in [1.165, 1.54) is 6.21 Å². The number of nitrogens with one attached hydrogen (secondary N) is 1. The van der Waals surface area contributed by atoms with E-state index in [0.29, 0.717) is 35.7 Å². The summed E-state index contributed by atoms with van der Waals surface area (Å²) in [4.78, 5) is 11.8. The first-order valence-electron chi connectivity index (χ1n) is 8.33. The molecule has 0 bridgehead atoms. The average molecular weight is 433 g/mol. The van der Waals surface area contributed by atoms with Crippen LogP contribution in [0.25, 0.3) is 0 Å². The lowest BCUT2D eigenvalue weighted by Gasteiger charge is -2.10. The summed E-state index contributed by atoms with van der Waals surface area (Å²) in [5.74, 6) is 0.641. The molecule has 0 saturated heterocycles. The van der Waals surface area contributed by atoms with Gasteiger partial charge in [0.1, 0.15) is 5.75 Å². The SMILES string of the molecule is C=CCc1cc(/C=N/NC(=O)COc2cccc(Br)c2)cc(OCC)c1O. The normalized spacial score (nSPS) is 10.6. The van der Waals surface area contributed by atoms with Gasteiger partial charge in [0.05, 0.1) is 12.8 Å². The van der Waals surface area contributed by atoms with E-state index < -0.39 is 0 Å². The van der Waals surface area contributed by atoms with Crippen LogP contribution in [0.15, 0.2) is 58.6 Å². The monoisotopic (exact) mass is 432 g/mol. The van der Waals surface area contributed by atoms with Gasteiger partial charge < -0.3 is 14.6 Å². The highest BCUT2D eigenvalue weighted by Crippen LogP contribution is 2.31. The Balaban J connectivity index is 1.98. The first-order chi connectivity index (χ1) is 13.0. The van der Waals surface area contributed by atoms with Gasteiger partial charge in [-0.1, -0.05) is 28.1 Å². The second-order valence-electron chi connectivity index (χ2n) is 5.49. The lowest BCUT2D eigenvalue weighted by Crippen LogP contribution is -2.24. The van der Waals surface area contributed by atoms with Crippen molar-refractivity contribution in [2.24, 2.45) is 5.10 Å². The minimum atomic E-state index is -0.388. The molecule has 2 aromatic carbocycles. The zero-order valence-corrected chi connectivity index (χ0v) is 16.5. The minimum Gasteiger partial charge on any atom is -0.504 e. The van der Waals surface area contributed by atoms with Crippen LogP contribution in [0.2, 0.25) is 0 Å². The number of aromatic hydroxyl groups is 1. The lowest BCUT2D eigenvalue weighted by molar-refractivity contribution is -0.123. The van der Waals surface area contributed by atoms with Gasteiger partial charge in [0.15, 0.2) is 18.1 Å². The van der Waals surface area contributed by atoms with Gasteiger partial charge in [0.25, 0.3) is 5.91 Å². The molecule has 0 unspecified atom stereocenters. The van der Waals surface area contributed by atoms with Gasteiger partial charge in [-0.2, -0.15) is 5.10 Å². The number of ether oxygens (including phenoxy) is 2. The number of carbonyl (C=O) groups excluding carboxylic acids is 1. The maximum Gasteiger partial charge on any atom is 0.277 e. The summed E-state index contributed by atoms with van der Waals surface area (Å²) in [6.45, 7) is 5.78. The summed E-state index contributed by atoms with van der Waals surface area (Å²) < 4.78 is 11.7. The zero-order chi connectivity index (χ0) is 19.6. The Labute approximate surface area is 166 Å². The molecule has 0 spiro atoms. The van der Waals surface area contributed by atoms with Gasteiger partial charge >= 0.3 is 0 Å². The van der Waals surface area contributed by atoms with Crippen LogP contribution in [0.5, 0.6) is 17.2 Å². The second-order valence-corrected chi connectivity index (χ2v) is 6.41. The number of amides is 1. The number of rotatable bonds is 9. The van der Waals surface area contributed by atoms with Crippen LogP contribution >= 0.6 is 15.9 Å². The summed E-state index contributed by atoms with van der Waals surface area (Å²) in [5.41, 5.74) is 3.75. The van der Waals surface area contributed by atoms with Crippen molar-refractivity contribution in [3.05, 3.63) is 64.7 Å². The Morgan fingerprint density at radius 1 is 1.33 bits per heavy atom. The third-order valence-corrected chi connectivity index (χ3v) is 3.90. The van der Waals surface area contributed by atoms with E-state index in [1.807, 2.05) is 19.1 Å². The van der Waals surface area contributed by atoms with Crippen molar-refractivity contribution in [3.8, 4) is 17.2 Å².